The third-order valence-electron chi connectivity index (χ3n) is 6.28. The molecule has 1 fully saturated rings. The quantitative estimate of drug-likeness (QED) is 0.609. The third-order valence-corrected chi connectivity index (χ3v) is 8.91. The molecular weight excluding hydrogens is 444 g/mol. The summed E-state index contributed by atoms with van der Waals surface area (Å²) in [5.74, 6) is -0.373. The Kier molecular flexibility index (Phi) is 5.65. The van der Waals surface area contributed by atoms with E-state index in [1.54, 1.807) is 11.6 Å². The molecule has 2 aliphatic rings. The van der Waals surface area contributed by atoms with Gasteiger partial charge in [-0.15, -0.1) is 11.3 Å². The Morgan fingerprint density at radius 1 is 1.06 bits per heavy atom. The SMILES string of the molecule is Cn1cc(S(=O)(=O)N2CCCC2)cc1C(=O)Nc1nc(-c2ccc3c(c2)CCCC3)cs1. The molecule has 1 N–H and O–H groups in total. The number of rotatable bonds is 5. The zero-order valence-corrected chi connectivity index (χ0v) is 19.6. The predicted octanol–water partition coefficient (Wildman–Crippen LogP) is 4.06. The van der Waals surface area contributed by atoms with E-state index in [4.69, 9.17) is 0 Å². The minimum atomic E-state index is -3.57. The monoisotopic (exact) mass is 470 g/mol. The zero-order valence-electron chi connectivity index (χ0n) is 18.0. The molecule has 3 aromatic rings. The van der Waals surface area contributed by atoms with Crippen molar-refractivity contribution in [3.05, 3.63) is 52.7 Å². The van der Waals surface area contributed by atoms with Gasteiger partial charge >= 0.3 is 0 Å². The highest BCUT2D eigenvalue weighted by Crippen LogP contribution is 2.30. The van der Waals surface area contributed by atoms with Gasteiger partial charge in [0.05, 0.1) is 5.69 Å². The second kappa shape index (κ2) is 8.46. The maximum Gasteiger partial charge on any atom is 0.274 e. The number of carbonyl (C=O) groups is 1. The number of sulfonamides is 1. The van der Waals surface area contributed by atoms with E-state index in [0.717, 1.165) is 36.9 Å². The van der Waals surface area contributed by atoms with Crippen LogP contribution in [0.3, 0.4) is 0 Å². The predicted molar refractivity (Wildman–Crippen MR) is 126 cm³/mol. The number of nitrogens with zero attached hydrogens (tertiary/aromatic N) is 3. The molecule has 1 aliphatic heterocycles. The Labute approximate surface area is 192 Å². The number of anilines is 1. The Morgan fingerprint density at radius 2 is 1.81 bits per heavy atom. The molecule has 0 saturated carbocycles. The highest BCUT2D eigenvalue weighted by Gasteiger charge is 2.29. The van der Waals surface area contributed by atoms with Crippen molar-refractivity contribution in [1.82, 2.24) is 13.9 Å². The van der Waals surface area contributed by atoms with Gasteiger partial charge in [-0.3, -0.25) is 10.1 Å². The molecule has 0 radical (unpaired) electrons. The smallest absolute Gasteiger partial charge is 0.274 e. The molecule has 7 nitrogen and oxygen atoms in total. The van der Waals surface area contributed by atoms with Crippen LogP contribution in [-0.2, 0) is 29.9 Å². The van der Waals surface area contributed by atoms with Gasteiger partial charge in [0.1, 0.15) is 10.6 Å². The molecule has 1 saturated heterocycles. The Bertz CT molecular complexity index is 1270. The number of hydrogen-bond donors (Lipinski definition) is 1. The van der Waals surface area contributed by atoms with Gasteiger partial charge < -0.3 is 4.57 Å². The van der Waals surface area contributed by atoms with Crippen molar-refractivity contribution in [2.24, 2.45) is 7.05 Å². The lowest BCUT2D eigenvalue weighted by atomic mass is 9.90. The molecule has 5 rings (SSSR count). The molecular formula is C23H26N4O3S2. The van der Waals surface area contributed by atoms with Crippen LogP contribution in [0.25, 0.3) is 11.3 Å². The van der Waals surface area contributed by atoms with E-state index < -0.39 is 10.0 Å². The van der Waals surface area contributed by atoms with Gasteiger partial charge in [0, 0.05) is 37.3 Å². The number of amides is 1. The molecule has 0 atom stereocenters. The fourth-order valence-corrected chi connectivity index (χ4v) is 6.80. The molecule has 0 bridgehead atoms. The van der Waals surface area contributed by atoms with Gasteiger partial charge in [-0.05, 0) is 61.8 Å². The summed E-state index contributed by atoms with van der Waals surface area (Å²) >= 11 is 1.36. The molecule has 0 spiro atoms. The summed E-state index contributed by atoms with van der Waals surface area (Å²) in [5.41, 5.74) is 4.99. The van der Waals surface area contributed by atoms with Crippen LogP contribution in [-0.4, -0.2) is 41.3 Å². The molecule has 2 aromatic heterocycles. The Balaban J connectivity index is 1.33. The van der Waals surface area contributed by atoms with Crippen LogP contribution in [0.2, 0.25) is 0 Å². The number of thiazole rings is 1. The topological polar surface area (TPSA) is 84.3 Å². The molecule has 0 unspecified atom stereocenters. The molecule has 9 heteroatoms. The van der Waals surface area contributed by atoms with Gasteiger partial charge in [0.25, 0.3) is 5.91 Å². The number of nitrogens with one attached hydrogen (secondary N) is 1. The maximum atomic E-state index is 12.9. The van der Waals surface area contributed by atoms with Crippen LogP contribution >= 0.6 is 11.3 Å². The maximum absolute atomic E-state index is 12.9. The summed E-state index contributed by atoms with van der Waals surface area (Å²) in [5, 5.41) is 5.26. The summed E-state index contributed by atoms with van der Waals surface area (Å²) in [4.78, 5) is 17.6. The fourth-order valence-electron chi connectivity index (χ4n) is 4.50. The van der Waals surface area contributed by atoms with Crippen LogP contribution in [0, 0.1) is 0 Å². The number of carbonyl (C=O) groups excluding carboxylic acids is 1. The lowest BCUT2D eigenvalue weighted by molar-refractivity contribution is 0.101. The highest BCUT2D eigenvalue weighted by molar-refractivity contribution is 7.89. The van der Waals surface area contributed by atoms with Gasteiger partial charge in [-0.1, -0.05) is 12.1 Å². The van der Waals surface area contributed by atoms with E-state index in [2.05, 4.69) is 28.5 Å². The fraction of sp³-hybridized carbons (Fsp3) is 0.391. The van der Waals surface area contributed by atoms with Crippen LogP contribution < -0.4 is 5.32 Å². The Morgan fingerprint density at radius 3 is 2.59 bits per heavy atom. The van der Waals surface area contributed by atoms with Gasteiger partial charge in [0.15, 0.2) is 5.13 Å². The van der Waals surface area contributed by atoms with E-state index >= 15 is 0 Å². The summed E-state index contributed by atoms with van der Waals surface area (Å²) < 4.78 is 28.7. The minimum Gasteiger partial charge on any atom is -0.345 e. The molecule has 3 heterocycles. The first kappa shape index (κ1) is 21.4. The van der Waals surface area contributed by atoms with Crippen molar-refractivity contribution in [3.63, 3.8) is 0 Å². The molecule has 1 aromatic carbocycles. The first-order valence-electron chi connectivity index (χ1n) is 11.0. The van der Waals surface area contributed by atoms with E-state index in [-0.39, 0.29) is 16.5 Å². The normalized spacial score (nSPS) is 16.8. The second-order valence-electron chi connectivity index (χ2n) is 8.47. The summed E-state index contributed by atoms with van der Waals surface area (Å²) in [6.45, 7) is 1.06. The van der Waals surface area contributed by atoms with E-state index in [1.165, 1.54) is 51.9 Å². The first-order valence-corrected chi connectivity index (χ1v) is 13.3. The van der Waals surface area contributed by atoms with Gasteiger partial charge in [0.2, 0.25) is 10.0 Å². The summed E-state index contributed by atoms with van der Waals surface area (Å²) in [6, 6.07) is 7.94. The minimum absolute atomic E-state index is 0.154. The van der Waals surface area contributed by atoms with E-state index in [1.807, 2.05) is 5.38 Å². The Hall–Kier alpha value is -2.49. The first-order chi connectivity index (χ1) is 15.4. The average molecular weight is 471 g/mol. The zero-order chi connectivity index (χ0) is 22.3. The number of aromatic nitrogens is 2. The largest absolute Gasteiger partial charge is 0.345 e. The second-order valence-corrected chi connectivity index (χ2v) is 11.3. The van der Waals surface area contributed by atoms with E-state index in [9.17, 15) is 13.2 Å². The highest BCUT2D eigenvalue weighted by atomic mass is 32.2. The van der Waals surface area contributed by atoms with Crippen LogP contribution in [0.4, 0.5) is 5.13 Å². The molecule has 32 heavy (non-hydrogen) atoms. The van der Waals surface area contributed by atoms with E-state index in [0.29, 0.717) is 18.2 Å². The lowest BCUT2D eigenvalue weighted by Gasteiger charge is -2.16. The van der Waals surface area contributed by atoms with Crippen LogP contribution in [0.15, 0.2) is 40.7 Å². The van der Waals surface area contributed by atoms with Crippen molar-refractivity contribution >= 4 is 32.4 Å². The lowest BCUT2D eigenvalue weighted by Crippen LogP contribution is -2.27. The van der Waals surface area contributed by atoms with Crippen molar-refractivity contribution in [3.8, 4) is 11.3 Å². The molecule has 1 aliphatic carbocycles. The average Bonchev–Trinajstić information content (AvgIpc) is 3.54. The number of hydrogen-bond acceptors (Lipinski definition) is 5. The number of aryl methyl sites for hydroxylation is 3. The van der Waals surface area contributed by atoms with Gasteiger partial charge in [-0.25, -0.2) is 13.4 Å². The number of benzene rings is 1. The third kappa shape index (κ3) is 4.00. The van der Waals surface area contributed by atoms with Crippen molar-refractivity contribution in [1.29, 1.82) is 0 Å². The molecule has 168 valence electrons. The standard InChI is InChI=1S/C23H26N4O3S2/c1-26-14-19(32(29,30)27-10-4-5-11-27)13-21(26)22(28)25-23-24-20(15-31-23)18-9-8-16-6-2-3-7-17(16)12-18/h8-9,12-15H,2-7,10-11H2,1H3,(H,24,25,28). The van der Waals surface area contributed by atoms with Gasteiger partial charge in [-0.2, -0.15) is 4.31 Å². The molecule has 1 amide bonds. The van der Waals surface area contributed by atoms with Crippen LogP contribution in [0.5, 0.6) is 0 Å². The van der Waals surface area contributed by atoms with Crippen molar-refractivity contribution in [2.75, 3.05) is 18.4 Å². The number of fused-ring (bicyclic) bond motifs is 1. The summed E-state index contributed by atoms with van der Waals surface area (Å²) in [7, 11) is -1.89. The van der Waals surface area contributed by atoms with Crippen molar-refractivity contribution in [2.45, 2.75) is 43.4 Å². The van der Waals surface area contributed by atoms with Crippen molar-refractivity contribution < 1.29 is 13.2 Å². The summed E-state index contributed by atoms with van der Waals surface area (Å²) in [6.07, 6.45) is 7.96. The van der Waals surface area contributed by atoms with Crippen LogP contribution in [0.1, 0.15) is 47.3 Å².